The fraction of sp³-hybridized carbons (Fsp3) is 0.933. The van der Waals surface area contributed by atoms with Gasteiger partial charge in [-0.15, -0.1) is 0 Å². The maximum absolute atomic E-state index is 11.8. The van der Waals surface area contributed by atoms with Crippen LogP contribution in [0.25, 0.3) is 0 Å². The molecule has 0 bridgehead atoms. The number of rotatable bonds is 9. The van der Waals surface area contributed by atoms with E-state index in [9.17, 15) is 4.79 Å². The molecule has 0 fully saturated rings. The molecule has 108 valence electrons. The van der Waals surface area contributed by atoms with Crippen LogP contribution in [0, 0.1) is 11.8 Å². The Labute approximate surface area is 113 Å². The van der Waals surface area contributed by atoms with Crippen LogP contribution in [0.15, 0.2) is 0 Å². The molecule has 0 aliphatic rings. The molecule has 0 radical (unpaired) electrons. The number of hydrogen-bond acceptors (Lipinski definition) is 3. The van der Waals surface area contributed by atoms with E-state index in [1.165, 1.54) is 13.5 Å². The zero-order valence-electron chi connectivity index (χ0n) is 13.0. The standard InChI is InChI=1S/C15H31NO2/c1-7-11(4)10-13(9-3)16-14(12(5)8-2)15(17)18-6/h11-14,16H,7-10H2,1-6H3. The maximum atomic E-state index is 11.8. The van der Waals surface area contributed by atoms with Crippen molar-refractivity contribution in [1.82, 2.24) is 5.32 Å². The third kappa shape index (κ3) is 5.85. The predicted octanol–water partition coefficient (Wildman–Crippen LogP) is 3.38. The lowest BCUT2D eigenvalue weighted by molar-refractivity contribution is -0.144. The van der Waals surface area contributed by atoms with Crippen molar-refractivity contribution in [3.63, 3.8) is 0 Å². The molecule has 0 spiro atoms. The Morgan fingerprint density at radius 1 is 1.11 bits per heavy atom. The van der Waals surface area contributed by atoms with Gasteiger partial charge in [-0.25, -0.2) is 0 Å². The van der Waals surface area contributed by atoms with Gasteiger partial charge < -0.3 is 10.1 Å². The number of hydrogen-bond donors (Lipinski definition) is 1. The SMILES string of the molecule is CCC(C)CC(CC)NC(C(=O)OC)C(C)CC. The number of esters is 1. The Balaban J connectivity index is 4.56. The summed E-state index contributed by atoms with van der Waals surface area (Å²) in [4.78, 5) is 11.8. The first-order valence-electron chi connectivity index (χ1n) is 7.33. The van der Waals surface area contributed by atoms with Crippen molar-refractivity contribution in [2.24, 2.45) is 11.8 Å². The summed E-state index contributed by atoms with van der Waals surface area (Å²) in [6.45, 7) is 10.9. The summed E-state index contributed by atoms with van der Waals surface area (Å²) in [7, 11) is 1.47. The molecule has 4 unspecified atom stereocenters. The van der Waals surface area contributed by atoms with Gasteiger partial charge in [0.05, 0.1) is 7.11 Å². The number of methoxy groups -OCH3 is 1. The van der Waals surface area contributed by atoms with Crippen molar-refractivity contribution in [1.29, 1.82) is 0 Å². The minimum atomic E-state index is -0.172. The second-order valence-electron chi connectivity index (χ2n) is 5.41. The van der Waals surface area contributed by atoms with Crippen LogP contribution in [-0.2, 0) is 9.53 Å². The molecule has 1 N–H and O–H groups in total. The minimum absolute atomic E-state index is 0.132. The highest BCUT2D eigenvalue weighted by atomic mass is 16.5. The number of carbonyl (C=O) groups excluding carboxylic acids is 1. The lowest BCUT2D eigenvalue weighted by Gasteiger charge is -2.28. The van der Waals surface area contributed by atoms with Crippen molar-refractivity contribution in [3.8, 4) is 0 Å². The Bertz CT molecular complexity index is 231. The highest BCUT2D eigenvalue weighted by molar-refractivity contribution is 5.76. The molecule has 0 aromatic rings. The van der Waals surface area contributed by atoms with Crippen LogP contribution >= 0.6 is 0 Å². The van der Waals surface area contributed by atoms with E-state index in [1.807, 2.05) is 0 Å². The average Bonchev–Trinajstić information content (AvgIpc) is 2.41. The molecule has 4 atom stereocenters. The van der Waals surface area contributed by atoms with E-state index in [4.69, 9.17) is 4.74 Å². The second-order valence-corrected chi connectivity index (χ2v) is 5.41. The summed E-state index contributed by atoms with van der Waals surface area (Å²) >= 11 is 0. The second kappa shape index (κ2) is 9.37. The lowest BCUT2D eigenvalue weighted by Crippen LogP contribution is -2.48. The Morgan fingerprint density at radius 2 is 1.72 bits per heavy atom. The predicted molar refractivity (Wildman–Crippen MR) is 76.5 cm³/mol. The summed E-state index contributed by atoms with van der Waals surface area (Å²) in [6.07, 6.45) is 4.34. The highest BCUT2D eigenvalue weighted by Gasteiger charge is 2.27. The molecule has 0 saturated carbocycles. The Kier molecular flexibility index (Phi) is 9.08. The van der Waals surface area contributed by atoms with E-state index in [0.717, 1.165) is 19.3 Å². The van der Waals surface area contributed by atoms with Crippen molar-refractivity contribution in [2.75, 3.05) is 7.11 Å². The van der Waals surface area contributed by atoms with Gasteiger partial charge in [0.1, 0.15) is 6.04 Å². The van der Waals surface area contributed by atoms with Crippen LogP contribution in [0.2, 0.25) is 0 Å². The van der Waals surface area contributed by atoms with Gasteiger partial charge in [0.15, 0.2) is 0 Å². The first-order chi connectivity index (χ1) is 8.49. The molecule has 3 heteroatoms. The molecule has 0 aromatic heterocycles. The molecule has 0 aromatic carbocycles. The molecule has 18 heavy (non-hydrogen) atoms. The topological polar surface area (TPSA) is 38.3 Å². The monoisotopic (exact) mass is 257 g/mol. The van der Waals surface area contributed by atoms with Crippen LogP contribution in [0.1, 0.15) is 60.3 Å². The highest BCUT2D eigenvalue weighted by Crippen LogP contribution is 2.16. The van der Waals surface area contributed by atoms with Crippen molar-refractivity contribution in [3.05, 3.63) is 0 Å². The van der Waals surface area contributed by atoms with Crippen LogP contribution in [0.3, 0.4) is 0 Å². The molecule has 0 amide bonds. The first-order valence-corrected chi connectivity index (χ1v) is 7.33. The lowest BCUT2D eigenvalue weighted by atomic mass is 9.94. The summed E-state index contributed by atoms with van der Waals surface area (Å²) in [5.41, 5.74) is 0. The van der Waals surface area contributed by atoms with Gasteiger partial charge >= 0.3 is 5.97 Å². The summed E-state index contributed by atoms with van der Waals surface area (Å²) in [5, 5.41) is 3.50. The van der Waals surface area contributed by atoms with E-state index in [0.29, 0.717) is 17.9 Å². The fourth-order valence-electron chi connectivity index (χ4n) is 2.09. The molecular weight excluding hydrogens is 226 g/mol. The van der Waals surface area contributed by atoms with Crippen molar-refractivity contribution < 1.29 is 9.53 Å². The molecule has 0 aliphatic carbocycles. The molecule has 3 nitrogen and oxygen atoms in total. The minimum Gasteiger partial charge on any atom is -0.468 e. The summed E-state index contributed by atoms with van der Waals surface area (Å²) in [6, 6.07) is 0.229. The smallest absolute Gasteiger partial charge is 0.323 e. The zero-order chi connectivity index (χ0) is 14.1. The van der Waals surface area contributed by atoms with Gasteiger partial charge in [0, 0.05) is 6.04 Å². The molecule has 0 heterocycles. The molecule has 0 aliphatic heterocycles. The van der Waals surface area contributed by atoms with Gasteiger partial charge in [-0.3, -0.25) is 4.79 Å². The van der Waals surface area contributed by atoms with Gasteiger partial charge in [-0.2, -0.15) is 0 Å². The van der Waals surface area contributed by atoms with Gasteiger partial charge in [0.25, 0.3) is 0 Å². The first kappa shape index (κ1) is 17.4. The van der Waals surface area contributed by atoms with Crippen LogP contribution in [0.4, 0.5) is 0 Å². The number of ether oxygens (including phenoxy) is 1. The maximum Gasteiger partial charge on any atom is 0.323 e. The Hall–Kier alpha value is -0.570. The largest absolute Gasteiger partial charge is 0.468 e. The Morgan fingerprint density at radius 3 is 2.11 bits per heavy atom. The van der Waals surface area contributed by atoms with E-state index in [-0.39, 0.29) is 12.0 Å². The zero-order valence-corrected chi connectivity index (χ0v) is 13.0. The van der Waals surface area contributed by atoms with Gasteiger partial charge in [-0.1, -0.05) is 47.5 Å². The van der Waals surface area contributed by atoms with Gasteiger partial charge in [0.2, 0.25) is 0 Å². The van der Waals surface area contributed by atoms with Crippen LogP contribution in [0.5, 0.6) is 0 Å². The quantitative estimate of drug-likeness (QED) is 0.644. The summed E-state index contributed by atoms with van der Waals surface area (Å²) in [5.74, 6) is 0.869. The third-order valence-corrected chi connectivity index (χ3v) is 3.96. The molecule has 0 saturated heterocycles. The van der Waals surface area contributed by atoms with Crippen molar-refractivity contribution in [2.45, 2.75) is 72.4 Å². The normalized spacial score (nSPS) is 17.9. The van der Waals surface area contributed by atoms with E-state index in [1.54, 1.807) is 0 Å². The third-order valence-electron chi connectivity index (χ3n) is 3.96. The number of nitrogens with one attached hydrogen (secondary N) is 1. The fourth-order valence-corrected chi connectivity index (χ4v) is 2.09. The van der Waals surface area contributed by atoms with Gasteiger partial charge in [-0.05, 0) is 24.7 Å². The van der Waals surface area contributed by atoms with Crippen LogP contribution in [-0.4, -0.2) is 25.2 Å². The molecular formula is C15H31NO2. The molecule has 0 rings (SSSR count). The van der Waals surface area contributed by atoms with Crippen molar-refractivity contribution >= 4 is 5.97 Å². The van der Waals surface area contributed by atoms with E-state index >= 15 is 0 Å². The van der Waals surface area contributed by atoms with E-state index < -0.39 is 0 Å². The summed E-state index contributed by atoms with van der Waals surface area (Å²) < 4.78 is 4.91. The average molecular weight is 257 g/mol. The van der Waals surface area contributed by atoms with E-state index in [2.05, 4.69) is 39.9 Å². The number of carbonyl (C=O) groups is 1. The van der Waals surface area contributed by atoms with Crippen LogP contribution < -0.4 is 5.32 Å².